The highest BCUT2D eigenvalue weighted by molar-refractivity contribution is 6.36. The molecule has 0 aliphatic heterocycles. The molecule has 0 aliphatic carbocycles. The van der Waals surface area contributed by atoms with E-state index in [0.717, 1.165) is 5.57 Å². The van der Waals surface area contributed by atoms with Crippen molar-refractivity contribution >= 4 is 15.7 Å². The van der Waals surface area contributed by atoms with E-state index in [1.165, 1.54) is 0 Å². The average molecular weight is 160 g/mol. The van der Waals surface area contributed by atoms with Gasteiger partial charge in [-0.1, -0.05) is 39.8 Å². The summed E-state index contributed by atoms with van der Waals surface area (Å²) < 4.78 is 0. The molecule has 0 saturated heterocycles. The fourth-order valence-corrected chi connectivity index (χ4v) is 0.967. The normalized spacial score (nSPS) is 13.5. The van der Waals surface area contributed by atoms with E-state index in [2.05, 4.69) is 34.3 Å². The van der Waals surface area contributed by atoms with Gasteiger partial charge in [0.05, 0.1) is 15.7 Å². The smallest absolute Gasteiger partial charge is 0.0583 e. The zero-order valence-corrected chi connectivity index (χ0v) is 8.94. The molecule has 0 heterocycles. The topological polar surface area (TPSA) is 0 Å². The SMILES string of the molecule is [B]C([B])C(C)(C)C(C)(C)C(=C)C. The summed E-state index contributed by atoms with van der Waals surface area (Å²) in [6.45, 7) is 14.4. The lowest BCUT2D eigenvalue weighted by Gasteiger charge is -2.46. The summed E-state index contributed by atoms with van der Waals surface area (Å²) in [7, 11) is 11.5. The lowest BCUT2D eigenvalue weighted by Crippen LogP contribution is -2.37. The molecule has 0 unspecified atom stereocenters. The maximum Gasteiger partial charge on any atom is 0.0583 e. The van der Waals surface area contributed by atoms with Crippen molar-refractivity contribution in [3.63, 3.8) is 0 Å². The Balaban J connectivity index is 4.88. The molecule has 2 heteroatoms. The summed E-state index contributed by atoms with van der Waals surface area (Å²) in [6, 6.07) is 0. The van der Waals surface area contributed by atoms with Crippen LogP contribution in [0.15, 0.2) is 12.2 Å². The summed E-state index contributed by atoms with van der Waals surface area (Å²) in [5, 5.41) is 0. The molecular formula is C10H18B2. The second-order valence-corrected chi connectivity index (χ2v) is 4.65. The van der Waals surface area contributed by atoms with Gasteiger partial charge in [-0.3, -0.25) is 0 Å². The van der Waals surface area contributed by atoms with Crippen molar-refractivity contribution in [3.05, 3.63) is 12.2 Å². The Bertz CT molecular complexity index is 178. The van der Waals surface area contributed by atoms with E-state index in [1.54, 1.807) is 0 Å². The van der Waals surface area contributed by atoms with Gasteiger partial charge in [0, 0.05) is 0 Å². The van der Waals surface area contributed by atoms with E-state index < -0.39 is 0 Å². The first-order valence-corrected chi connectivity index (χ1v) is 4.31. The van der Waals surface area contributed by atoms with Crippen LogP contribution in [0.3, 0.4) is 0 Å². The third-order valence-corrected chi connectivity index (χ3v) is 3.51. The second kappa shape index (κ2) is 3.32. The van der Waals surface area contributed by atoms with Crippen LogP contribution >= 0.6 is 0 Å². The highest BCUT2D eigenvalue weighted by atomic mass is 14.4. The van der Waals surface area contributed by atoms with Crippen molar-refractivity contribution in [1.82, 2.24) is 0 Å². The molecule has 0 atom stereocenters. The number of hydrogen-bond donors (Lipinski definition) is 0. The van der Waals surface area contributed by atoms with Crippen LogP contribution in [0.4, 0.5) is 0 Å². The van der Waals surface area contributed by atoms with E-state index in [9.17, 15) is 0 Å². The van der Waals surface area contributed by atoms with Gasteiger partial charge in [0.1, 0.15) is 0 Å². The van der Waals surface area contributed by atoms with Crippen LogP contribution in [0.25, 0.3) is 0 Å². The number of allylic oxidation sites excluding steroid dienone is 1. The van der Waals surface area contributed by atoms with Crippen LogP contribution in [0.5, 0.6) is 0 Å². The van der Waals surface area contributed by atoms with Crippen LogP contribution in [0.1, 0.15) is 34.6 Å². The van der Waals surface area contributed by atoms with E-state index in [-0.39, 0.29) is 16.5 Å². The maximum absolute atomic E-state index is 5.73. The van der Waals surface area contributed by atoms with Gasteiger partial charge < -0.3 is 0 Å². The van der Waals surface area contributed by atoms with Gasteiger partial charge in [-0.2, -0.15) is 0 Å². The molecule has 0 saturated carbocycles. The van der Waals surface area contributed by atoms with Gasteiger partial charge in [0.2, 0.25) is 0 Å². The molecule has 0 aromatic rings. The fraction of sp³-hybridized carbons (Fsp3) is 0.800. The van der Waals surface area contributed by atoms with Gasteiger partial charge in [0.15, 0.2) is 0 Å². The van der Waals surface area contributed by atoms with Crippen molar-refractivity contribution in [2.24, 2.45) is 10.8 Å². The second-order valence-electron chi connectivity index (χ2n) is 4.65. The first-order chi connectivity index (χ1) is 5.14. The first kappa shape index (κ1) is 11.9. The molecule has 0 amide bonds. The quantitative estimate of drug-likeness (QED) is 0.439. The Kier molecular flexibility index (Phi) is 3.28. The fourth-order valence-electron chi connectivity index (χ4n) is 0.967. The molecule has 0 aromatic carbocycles. The summed E-state index contributed by atoms with van der Waals surface area (Å²) in [6.07, 6.45) is 0. The standard InChI is InChI=1S/C10H18B2/c1-7(2)9(3,4)10(5,6)8(11)12/h8H,1H2,2-6H3. The van der Waals surface area contributed by atoms with E-state index in [4.69, 9.17) is 15.7 Å². The molecule has 12 heavy (non-hydrogen) atoms. The Hall–Kier alpha value is -0.130. The van der Waals surface area contributed by atoms with Crippen molar-refractivity contribution < 1.29 is 0 Å². The maximum atomic E-state index is 5.73. The molecule has 0 aliphatic rings. The zero-order valence-electron chi connectivity index (χ0n) is 8.94. The lowest BCUT2D eigenvalue weighted by molar-refractivity contribution is 0.167. The molecule has 0 rings (SSSR count). The van der Waals surface area contributed by atoms with Crippen molar-refractivity contribution in [3.8, 4) is 0 Å². The summed E-state index contributed by atoms with van der Waals surface area (Å²) in [5.41, 5.74) is 0.651. The Morgan fingerprint density at radius 3 is 1.58 bits per heavy atom. The van der Waals surface area contributed by atoms with Gasteiger partial charge in [-0.05, 0) is 17.8 Å². The summed E-state index contributed by atoms with van der Waals surface area (Å²) >= 11 is 0. The largest absolute Gasteiger partial charge is 0.104 e. The summed E-state index contributed by atoms with van der Waals surface area (Å²) in [4.78, 5) is 0. The van der Waals surface area contributed by atoms with Crippen molar-refractivity contribution in [1.29, 1.82) is 0 Å². The minimum Gasteiger partial charge on any atom is -0.104 e. The minimum atomic E-state index is -0.316. The van der Waals surface area contributed by atoms with Crippen LogP contribution in [0, 0.1) is 10.8 Å². The Morgan fingerprint density at radius 2 is 1.50 bits per heavy atom. The molecule has 0 fully saturated rings. The van der Waals surface area contributed by atoms with E-state index in [0.29, 0.717) is 0 Å². The predicted molar refractivity (Wildman–Crippen MR) is 57.6 cm³/mol. The van der Waals surface area contributed by atoms with Gasteiger partial charge in [0.25, 0.3) is 0 Å². The molecule has 0 bridgehead atoms. The van der Waals surface area contributed by atoms with Crippen molar-refractivity contribution in [2.45, 2.75) is 40.3 Å². The number of hydrogen-bond acceptors (Lipinski definition) is 0. The molecule has 64 valence electrons. The van der Waals surface area contributed by atoms with Crippen LogP contribution in [0.2, 0.25) is 5.72 Å². The molecular weight excluding hydrogens is 142 g/mol. The van der Waals surface area contributed by atoms with E-state index in [1.807, 2.05) is 6.92 Å². The number of rotatable bonds is 3. The van der Waals surface area contributed by atoms with Gasteiger partial charge in [-0.25, -0.2) is 0 Å². The summed E-state index contributed by atoms with van der Waals surface area (Å²) in [5.74, 6) is 0. The molecule has 4 radical (unpaired) electrons. The van der Waals surface area contributed by atoms with Crippen LogP contribution < -0.4 is 0 Å². The molecule has 0 N–H and O–H groups in total. The predicted octanol–water partition coefficient (Wildman–Crippen LogP) is 2.70. The van der Waals surface area contributed by atoms with Crippen LogP contribution in [-0.4, -0.2) is 15.7 Å². The average Bonchev–Trinajstić information content (AvgIpc) is 1.86. The Morgan fingerprint density at radius 1 is 1.17 bits per heavy atom. The van der Waals surface area contributed by atoms with Gasteiger partial charge >= 0.3 is 0 Å². The Labute approximate surface area is 79.6 Å². The first-order valence-electron chi connectivity index (χ1n) is 4.31. The third kappa shape index (κ3) is 1.78. The minimum absolute atomic E-state index is 0.0266. The third-order valence-electron chi connectivity index (χ3n) is 3.51. The van der Waals surface area contributed by atoms with E-state index >= 15 is 0 Å². The monoisotopic (exact) mass is 160 g/mol. The highest BCUT2D eigenvalue weighted by Crippen LogP contribution is 2.48. The van der Waals surface area contributed by atoms with Crippen LogP contribution in [-0.2, 0) is 0 Å². The molecule has 0 aromatic heterocycles. The van der Waals surface area contributed by atoms with Gasteiger partial charge in [-0.15, -0.1) is 5.72 Å². The molecule has 0 spiro atoms. The molecule has 0 nitrogen and oxygen atoms in total. The zero-order chi connectivity index (χ0) is 10.2. The lowest BCUT2D eigenvalue weighted by atomic mass is 9.47. The highest BCUT2D eigenvalue weighted by Gasteiger charge is 2.38. The van der Waals surface area contributed by atoms with Crippen molar-refractivity contribution in [2.75, 3.05) is 0 Å².